The highest BCUT2D eigenvalue weighted by molar-refractivity contribution is 14.1. The molecule has 212 valence electrons. The molecule has 1 aliphatic heterocycles. The average molecular weight is 654 g/mol. The zero-order chi connectivity index (χ0) is 28.2. The quantitative estimate of drug-likeness (QED) is 0.236. The van der Waals surface area contributed by atoms with Crippen LogP contribution in [0.1, 0.15) is 68.2 Å². The van der Waals surface area contributed by atoms with Crippen molar-refractivity contribution in [1.29, 1.82) is 0 Å². The average Bonchev–Trinajstić information content (AvgIpc) is 2.68. The van der Waals surface area contributed by atoms with Gasteiger partial charge in [-0.1, -0.05) is 34.2 Å². The van der Waals surface area contributed by atoms with Gasteiger partial charge in [-0.05, 0) is 92.5 Å². The fourth-order valence-corrected chi connectivity index (χ4v) is 4.25. The highest BCUT2D eigenvalue weighted by Gasteiger charge is 2.28. The maximum absolute atomic E-state index is 11.7. The van der Waals surface area contributed by atoms with E-state index >= 15 is 0 Å². The van der Waals surface area contributed by atoms with E-state index in [9.17, 15) is 9.59 Å². The van der Waals surface area contributed by atoms with E-state index in [4.69, 9.17) is 25.8 Å². The van der Waals surface area contributed by atoms with Crippen molar-refractivity contribution >= 4 is 46.4 Å². The number of hydrogen-bond donors (Lipinski definition) is 2. The number of rotatable bonds is 9. The Morgan fingerprint density at radius 2 is 1.41 bits per heavy atom. The summed E-state index contributed by atoms with van der Waals surface area (Å²) >= 11 is 8.14. The molecule has 0 aromatic heterocycles. The van der Waals surface area contributed by atoms with Gasteiger partial charge in [0.2, 0.25) is 0 Å². The van der Waals surface area contributed by atoms with Gasteiger partial charge in [0.05, 0.1) is 0 Å². The number of alkyl carbamates (subject to hydrolysis) is 2. The molecule has 2 atom stereocenters. The van der Waals surface area contributed by atoms with Crippen LogP contribution in [0.4, 0.5) is 9.59 Å². The van der Waals surface area contributed by atoms with Crippen LogP contribution in [-0.2, 0) is 9.47 Å². The number of carbonyl (C=O) groups is 2. The molecular formula is C27H45ClIN3O5. The number of carbonyl (C=O) groups excluding carboxylic acids is 2. The van der Waals surface area contributed by atoms with Crippen LogP contribution in [0.15, 0.2) is 24.3 Å². The first-order chi connectivity index (χ1) is 17.1. The monoisotopic (exact) mass is 653 g/mol. The third-order valence-electron chi connectivity index (χ3n) is 4.99. The van der Waals surface area contributed by atoms with E-state index in [1.165, 1.54) is 0 Å². The number of halogens is 2. The maximum atomic E-state index is 11.7. The van der Waals surface area contributed by atoms with Crippen LogP contribution >= 0.6 is 34.2 Å². The molecule has 0 saturated carbocycles. The summed E-state index contributed by atoms with van der Waals surface area (Å²) in [7, 11) is 0. The Morgan fingerprint density at radius 1 is 0.946 bits per heavy atom. The van der Waals surface area contributed by atoms with Gasteiger partial charge < -0.3 is 24.8 Å². The van der Waals surface area contributed by atoms with E-state index in [2.05, 4.69) is 38.1 Å². The standard InChI is InChI=1S/C18H27ClN2O3.C9H18INO2/c1-13(20-17(22)24-18(2,3)4)9-10-21-11-16(12-21)23-15-7-5-14(19)6-8-15;1-7(5-6-10)11-8(12)13-9(2,3)4/h5-8,13,16H,9-12H2,1-4H3,(H,20,22);7H,5-6H2,1-4H3,(H,11,12)/t13-;7-/m11/s1. The summed E-state index contributed by atoms with van der Waals surface area (Å²) in [6.07, 6.45) is 1.39. The Bertz CT molecular complexity index is 821. The smallest absolute Gasteiger partial charge is 0.407 e. The van der Waals surface area contributed by atoms with Crippen LogP contribution in [0.25, 0.3) is 0 Å². The molecule has 1 fully saturated rings. The van der Waals surface area contributed by atoms with Gasteiger partial charge in [-0.25, -0.2) is 9.59 Å². The van der Waals surface area contributed by atoms with Crippen LogP contribution in [0, 0.1) is 0 Å². The molecule has 0 unspecified atom stereocenters. The van der Waals surface area contributed by atoms with Gasteiger partial charge in [-0.2, -0.15) is 0 Å². The summed E-state index contributed by atoms with van der Waals surface area (Å²) in [5.41, 5.74) is -0.873. The lowest BCUT2D eigenvalue weighted by Crippen LogP contribution is -2.54. The van der Waals surface area contributed by atoms with Crippen molar-refractivity contribution in [3.63, 3.8) is 0 Å². The number of hydrogen-bond acceptors (Lipinski definition) is 6. The van der Waals surface area contributed by atoms with Gasteiger partial charge in [0.15, 0.2) is 0 Å². The van der Waals surface area contributed by atoms with Crippen LogP contribution in [0.2, 0.25) is 5.02 Å². The first kappa shape index (κ1) is 33.6. The number of likely N-dealkylation sites (tertiary alicyclic amines) is 1. The van der Waals surface area contributed by atoms with Crippen molar-refractivity contribution in [3.05, 3.63) is 29.3 Å². The zero-order valence-corrected chi connectivity index (χ0v) is 26.4. The number of nitrogens with one attached hydrogen (secondary N) is 2. The van der Waals surface area contributed by atoms with Crippen LogP contribution in [0.3, 0.4) is 0 Å². The summed E-state index contributed by atoms with van der Waals surface area (Å²) in [6, 6.07) is 7.70. The molecule has 1 aromatic rings. The van der Waals surface area contributed by atoms with E-state index in [0.717, 1.165) is 42.7 Å². The minimum absolute atomic E-state index is 0.0797. The minimum Gasteiger partial charge on any atom is -0.488 e. The van der Waals surface area contributed by atoms with Crippen molar-refractivity contribution in [2.45, 2.75) is 97.6 Å². The molecule has 0 spiro atoms. The number of ether oxygens (including phenoxy) is 3. The van der Waals surface area contributed by atoms with E-state index in [0.29, 0.717) is 5.02 Å². The van der Waals surface area contributed by atoms with E-state index in [1.54, 1.807) is 0 Å². The molecule has 8 nitrogen and oxygen atoms in total. The largest absolute Gasteiger partial charge is 0.488 e. The maximum Gasteiger partial charge on any atom is 0.407 e. The molecule has 1 saturated heterocycles. The van der Waals surface area contributed by atoms with Crippen molar-refractivity contribution in [2.24, 2.45) is 0 Å². The van der Waals surface area contributed by atoms with Gasteiger partial charge >= 0.3 is 12.2 Å². The van der Waals surface area contributed by atoms with E-state index in [1.807, 2.05) is 79.7 Å². The Labute approximate surface area is 241 Å². The molecule has 1 heterocycles. The summed E-state index contributed by atoms with van der Waals surface area (Å²) in [5.74, 6) is 0.851. The predicted octanol–water partition coefficient (Wildman–Crippen LogP) is 6.43. The molecule has 0 radical (unpaired) electrons. The summed E-state index contributed by atoms with van der Waals surface area (Å²) in [5, 5.41) is 6.35. The Balaban J connectivity index is 0.000000448. The molecule has 0 aliphatic carbocycles. The second-order valence-electron chi connectivity index (χ2n) is 11.3. The molecule has 1 aliphatic rings. The van der Waals surface area contributed by atoms with Crippen molar-refractivity contribution in [1.82, 2.24) is 15.5 Å². The molecule has 0 bridgehead atoms. The number of nitrogens with zero attached hydrogens (tertiary/aromatic N) is 1. The Kier molecular flexibility index (Phi) is 14.4. The first-order valence-electron chi connectivity index (χ1n) is 12.8. The first-order valence-corrected chi connectivity index (χ1v) is 14.7. The summed E-state index contributed by atoms with van der Waals surface area (Å²) in [6.45, 7) is 17.9. The highest BCUT2D eigenvalue weighted by atomic mass is 127. The summed E-state index contributed by atoms with van der Waals surface area (Å²) in [4.78, 5) is 25.2. The van der Waals surface area contributed by atoms with Crippen molar-refractivity contribution in [3.8, 4) is 5.75 Å². The third kappa shape index (κ3) is 16.9. The molecule has 2 rings (SSSR count). The van der Waals surface area contributed by atoms with Crippen LogP contribution < -0.4 is 15.4 Å². The summed E-state index contributed by atoms with van der Waals surface area (Å²) < 4.78 is 17.3. The number of benzene rings is 1. The molecule has 2 N–H and O–H groups in total. The fourth-order valence-electron chi connectivity index (χ4n) is 3.19. The van der Waals surface area contributed by atoms with E-state index < -0.39 is 11.2 Å². The lowest BCUT2D eigenvalue weighted by atomic mass is 10.1. The van der Waals surface area contributed by atoms with E-state index in [-0.39, 0.29) is 30.4 Å². The van der Waals surface area contributed by atoms with Gasteiger partial charge in [-0.3, -0.25) is 4.90 Å². The zero-order valence-electron chi connectivity index (χ0n) is 23.5. The van der Waals surface area contributed by atoms with Crippen molar-refractivity contribution in [2.75, 3.05) is 24.1 Å². The fraction of sp³-hybridized carbons (Fsp3) is 0.704. The SMILES string of the molecule is C[C@H](CCI)NC(=O)OC(C)(C)C.C[C@H](CCN1CC(Oc2ccc(Cl)cc2)C1)NC(=O)OC(C)(C)C. The van der Waals surface area contributed by atoms with Gasteiger partial charge in [0, 0.05) is 41.2 Å². The molecule has 1 aromatic carbocycles. The van der Waals surface area contributed by atoms with Crippen molar-refractivity contribution < 1.29 is 23.8 Å². The van der Waals surface area contributed by atoms with Gasteiger partial charge in [-0.15, -0.1) is 0 Å². The Hall–Kier alpha value is -1.46. The normalized spacial score (nSPS) is 15.8. The third-order valence-corrected chi connectivity index (χ3v) is 5.86. The molecular weight excluding hydrogens is 609 g/mol. The van der Waals surface area contributed by atoms with Crippen LogP contribution in [-0.4, -0.2) is 70.5 Å². The van der Waals surface area contributed by atoms with Crippen LogP contribution in [0.5, 0.6) is 5.75 Å². The number of alkyl halides is 1. The topological polar surface area (TPSA) is 89.1 Å². The lowest BCUT2D eigenvalue weighted by Gasteiger charge is -2.39. The second kappa shape index (κ2) is 15.8. The second-order valence-corrected chi connectivity index (χ2v) is 12.8. The van der Waals surface area contributed by atoms with Gasteiger partial charge in [0.1, 0.15) is 23.1 Å². The molecule has 10 heteroatoms. The Morgan fingerprint density at radius 3 is 1.84 bits per heavy atom. The predicted molar refractivity (Wildman–Crippen MR) is 158 cm³/mol. The lowest BCUT2D eigenvalue weighted by molar-refractivity contribution is 0.0170. The number of amides is 2. The van der Waals surface area contributed by atoms with Gasteiger partial charge in [0.25, 0.3) is 0 Å². The molecule has 2 amide bonds. The molecule has 37 heavy (non-hydrogen) atoms. The minimum atomic E-state index is -0.465. The highest BCUT2D eigenvalue weighted by Crippen LogP contribution is 2.20.